The zero-order valence-electron chi connectivity index (χ0n) is 16.2. The van der Waals surface area contributed by atoms with Gasteiger partial charge in [0, 0.05) is 23.5 Å². The first kappa shape index (κ1) is 20.1. The number of hydrogen-bond donors (Lipinski definition) is 2. The molecule has 1 aliphatic heterocycles. The number of H-pyrrole nitrogens is 1. The van der Waals surface area contributed by atoms with E-state index >= 15 is 0 Å². The highest BCUT2D eigenvalue weighted by Crippen LogP contribution is 2.23. The lowest BCUT2D eigenvalue weighted by molar-refractivity contribution is -0.138. The largest absolute Gasteiger partial charge is 0.342 e. The van der Waals surface area contributed by atoms with Gasteiger partial charge in [-0.2, -0.15) is 0 Å². The number of nitrogens with zero attached hydrogens (tertiary/aromatic N) is 1. The van der Waals surface area contributed by atoms with E-state index in [0.29, 0.717) is 29.4 Å². The van der Waals surface area contributed by atoms with Gasteiger partial charge in [0.05, 0.1) is 12.0 Å². The van der Waals surface area contributed by atoms with Crippen LogP contribution in [0.2, 0.25) is 5.02 Å². The van der Waals surface area contributed by atoms with Crippen molar-refractivity contribution in [2.24, 2.45) is 0 Å². The van der Waals surface area contributed by atoms with Crippen LogP contribution in [0, 0.1) is 5.82 Å². The van der Waals surface area contributed by atoms with Crippen LogP contribution in [-0.2, 0) is 11.2 Å². The highest BCUT2D eigenvalue weighted by Gasteiger charge is 2.42. The van der Waals surface area contributed by atoms with Crippen LogP contribution in [0.15, 0.2) is 53.3 Å². The summed E-state index contributed by atoms with van der Waals surface area (Å²) in [5.41, 5.74) is -0.285. The van der Waals surface area contributed by atoms with Crippen molar-refractivity contribution in [2.75, 3.05) is 13.1 Å². The number of aromatic nitrogens is 1. The predicted molar refractivity (Wildman–Crippen MR) is 112 cm³/mol. The second-order valence-electron chi connectivity index (χ2n) is 7.82. The molecule has 8 heteroatoms. The number of rotatable bonds is 4. The normalized spacial score (nSPS) is 15.0. The minimum absolute atomic E-state index is 0.0273. The Balaban J connectivity index is 1.40. The third-order valence-corrected chi connectivity index (χ3v) is 5.34. The molecule has 2 N–H and O–H groups in total. The van der Waals surface area contributed by atoms with Crippen LogP contribution in [0.25, 0.3) is 10.8 Å². The molecule has 0 atom stereocenters. The SMILES string of the molecule is CC1(NC(=O)c2cc3ccccc3c(=O)[nH]2)CN(C(=O)Cc2cc(F)cc(Cl)c2)C1. The number of halogens is 2. The summed E-state index contributed by atoms with van der Waals surface area (Å²) in [5, 5.41) is 4.31. The summed E-state index contributed by atoms with van der Waals surface area (Å²) >= 11 is 5.83. The summed E-state index contributed by atoms with van der Waals surface area (Å²) in [7, 11) is 0. The van der Waals surface area contributed by atoms with Crippen molar-refractivity contribution in [3.05, 3.63) is 81.0 Å². The predicted octanol–water partition coefficient (Wildman–Crippen LogP) is 2.89. The van der Waals surface area contributed by atoms with E-state index in [0.717, 1.165) is 0 Å². The first-order valence-electron chi connectivity index (χ1n) is 9.40. The first-order chi connectivity index (χ1) is 14.2. The Kier molecular flexibility index (Phi) is 5.07. The number of hydrogen-bond acceptors (Lipinski definition) is 3. The molecule has 4 rings (SSSR count). The van der Waals surface area contributed by atoms with Gasteiger partial charge in [0.2, 0.25) is 5.91 Å². The van der Waals surface area contributed by atoms with E-state index in [2.05, 4.69) is 10.3 Å². The molecule has 0 unspecified atom stereocenters. The molecule has 2 heterocycles. The van der Waals surface area contributed by atoms with Crippen molar-refractivity contribution < 1.29 is 14.0 Å². The molecular weight excluding hydrogens is 409 g/mol. The number of carbonyl (C=O) groups is 2. The molecule has 6 nitrogen and oxygen atoms in total. The summed E-state index contributed by atoms with van der Waals surface area (Å²) in [5.74, 6) is -1.08. The van der Waals surface area contributed by atoms with Gasteiger partial charge in [0.25, 0.3) is 11.5 Å². The van der Waals surface area contributed by atoms with Gasteiger partial charge < -0.3 is 15.2 Å². The number of amides is 2. The highest BCUT2D eigenvalue weighted by atomic mass is 35.5. The highest BCUT2D eigenvalue weighted by molar-refractivity contribution is 6.30. The van der Waals surface area contributed by atoms with E-state index in [1.54, 1.807) is 41.3 Å². The Morgan fingerprint density at radius 3 is 2.67 bits per heavy atom. The molecule has 0 radical (unpaired) electrons. The smallest absolute Gasteiger partial charge is 0.268 e. The number of nitrogens with one attached hydrogen (secondary N) is 2. The number of likely N-dealkylation sites (tertiary alicyclic amines) is 1. The molecule has 1 saturated heterocycles. The zero-order valence-corrected chi connectivity index (χ0v) is 16.9. The molecule has 1 aliphatic rings. The van der Waals surface area contributed by atoms with Crippen molar-refractivity contribution in [2.45, 2.75) is 18.9 Å². The molecule has 0 saturated carbocycles. The van der Waals surface area contributed by atoms with Gasteiger partial charge in [0.1, 0.15) is 11.5 Å². The van der Waals surface area contributed by atoms with Crippen molar-refractivity contribution in [3.63, 3.8) is 0 Å². The summed E-state index contributed by atoms with van der Waals surface area (Å²) in [6.45, 7) is 2.46. The summed E-state index contributed by atoms with van der Waals surface area (Å²) in [6, 6.07) is 12.7. The van der Waals surface area contributed by atoms with Gasteiger partial charge >= 0.3 is 0 Å². The van der Waals surface area contributed by atoms with Crippen LogP contribution in [-0.4, -0.2) is 40.3 Å². The molecular formula is C22H19ClFN3O3. The van der Waals surface area contributed by atoms with Crippen LogP contribution in [0.4, 0.5) is 4.39 Å². The standard InChI is InChI=1S/C22H19ClFN3O3/c1-22(11-27(12-22)19(28)8-13-6-15(23)10-16(24)7-13)26-21(30)18-9-14-4-2-3-5-17(14)20(29)25-18/h2-7,9-10H,8,11-12H2,1H3,(H,25,29)(H,26,30). The molecule has 2 aromatic carbocycles. The van der Waals surface area contributed by atoms with Gasteiger partial charge in [-0.1, -0.05) is 29.8 Å². The lowest BCUT2D eigenvalue weighted by Crippen LogP contribution is -2.70. The maximum Gasteiger partial charge on any atom is 0.268 e. The Bertz CT molecular complexity index is 1200. The third kappa shape index (κ3) is 4.07. The molecule has 154 valence electrons. The average Bonchev–Trinajstić information content (AvgIpc) is 2.65. The van der Waals surface area contributed by atoms with Crippen molar-refractivity contribution >= 4 is 34.2 Å². The number of carbonyl (C=O) groups excluding carboxylic acids is 2. The van der Waals surface area contributed by atoms with E-state index < -0.39 is 17.3 Å². The van der Waals surface area contributed by atoms with Crippen molar-refractivity contribution in [1.82, 2.24) is 15.2 Å². The minimum Gasteiger partial charge on any atom is -0.342 e. The molecule has 2 amide bonds. The molecule has 30 heavy (non-hydrogen) atoms. The van der Waals surface area contributed by atoms with E-state index in [1.807, 2.05) is 6.92 Å². The Morgan fingerprint density at radius 1 is 1.20 bits per heavy atom. The topological polar surface area (TPSA) is 82.3 Å². The fraction of sp³-hybridized carbons (Fsp3) is 0.227. The molecule has 0 spiro atoms. The number of pyridine rings is 1. The van der Waals surface area contributed by atoms with Crippen molar-refractivity contribution in [3.8, 4) is 0 Å². The van der Waals surface area contributed by atoms with E-state index in [4.69, 9.17) is 11.6 Å². The first-order valence-corrected chi connectivity index (χ1v) is 9.78. The maximum absolute atomic E-state index is 13.4. The third-order valence-electron chi connectivity index (χ3n) is 5.12. The average molecular weight is 428 g/mol. The summed E-state index contributed by atoms with van der Waals surface area (Å²) in [6.07, 6.45) is 0.0273. The van der Waals surface area contributed by atoms with Gasteiger partial charge in [-0.15, -0.1) is 0 Å². The minimum atomic E-state index is -0.616. The molecule has 1 aromatic heterocycles. The van der Waals surface area contributed by atoms with Gasteiger partial charge in [-0.05, 0) is 48.2 Å². The van der Waals surface area contributed by atoms with Crippen LogP contribution in [0.3, 0.4) is 0 Å². The van der Waals surface area contributed by atoms with Gasteiger partial charge in [0.15, 0.2) is 0 Å². The van der Waals surface area contributed by atoms with Crippen LogP contribution < -0.4 is 10.9 Å². The molecule has 1 fully saturated rings. The Labute approximate surface area is 176 Å². The lowest BCUT2D eigenvalue weighted by atomic mass is 9.91. The number of benzene rings is 2. The lowest BCUT2D eigenvalue weighted by Gasteiger charge is -2.48. The Hall–Kier alpha value is -3.19. The van der Waals surface area contributed by atoms with Crippen LogP contribution in [0.5, 0.6) is 0 Å². The zero-order chi connectivity index (χ0) is 21.5. The summed E-state index contributed by atoms with van der Waals surface area (Å²) in [4.78, 5) is 41.5. The maximum atomic E-state index is 13.4. The van der Waals surface area contributed by atoms with Crippen LogP contribution in [0.1, 0.15) is 23.0 Å². The molecule has 0 aliphatic carbocycles. The fourth-order valence-electron chi connectivity index (χ4n) is 3.73. The molecule has 3 aromatic rings. The van der Waals surface area contributed by atoms with Crippen molar-refractivity contribution in [1.29, 1.82) is 0 Å². The molecule has 0 bridgehead atoms. The van der Waals surface area contributed by atoms with E-state index in [1.165, 1.54) is 12.1 Å². The summed E-state index contributed by atoms with van der Waals surface area (Å²) < 4.78 is 13.4. The van der Waals surface area contributed by atoms with Gasteiger partial charge in [-0.25, -0.2) is 4.39 Å². The fourth-order valence-corrected chi connectivity index (χ4v) is 3.97. The number of fused-ring (bicyclic) bond motifs is 1. The second kappa shape index (κ2) is 7.57. The van der Waals surface area contributed by atoms with Crippen LogP contribution >= 0.6 is 11.6 Å². The van der Waals surface area contributed by atoms with Gasteiger partial charge in [-0.3, -0.25) is 14.4 Å². The monoisotopic (exact) mass is 427 g/mol. The van der Waals surface area contributed by atoms with E-state index in [-0.39, 0.29) is 28.6 Å². The Morgan fingerprint density at radius 2 is 1.93 bits per heavy atom. The number of aromatic amines is 1. The second-order valence-corrected chi connectivity index (χ2v) is 8.25. The van der Waals surface area contributed by atoms with E-state index in [9.17, 15) is 18.8 Å². The quantitative estimate of drug-likeness (QED) is 0.671.